The van der Waals surface area contributed by atoms with Crippen LogP contribution in [0.3, 0.4) is 0 Å². The molecule has 1 rings (SSSR count). The molecule has 1 nitrogen and oxygen atoms in total. The van der Waals surface area contributed by atoms with Gasteiger partial charge in [0, 0.05) is 11.4 Å². The fraction of sp³-hybridized carbons (Fsp3) is 0.200. The van der Waals surface area contributed by atoms with E-state index in [-0.39, 0.29) is 0 Å². The monoisotopic (exact) mass is 213 g/mol. The van der Waals surface area contributed by atoms with Crippen molar-refractivity contribution in [1.29, 1.82) is 0 Å². The van der Waals surface area contributed by atoms with Crippen LogP contribution in [-0.4, -0.2) is 0 Å². The van der Waals surface area contributed by atoms with E-state index in [1.165, 1.54) is 11.1 Å². The van der Waals surface area contributed by atoms with Crippen molar-refractivity contribution in [3.05, 3.63) is 65.9 Å². The maximum absolute atomic E-state index is 3.95. The fourth-order valence-electron chi connectivity index (χ4n) is 1.55. The van der Waals surface area contributed by atoms with Crippen molar-refractivity contribution in [2.24, 2.45) is 0 Å². The summed E-state index contributed by atoms with van der Waals surface area (Å²) in [5, 5.41) is 3.41. The summed E-state index contributed by atoms with van der Waals surface area (Å²) in [6.45, 7) is 13.8. The van der Waals surface area contributed by atoms with Gasteiger partial charge in [0.1, 0.15) is 0 Å². The van der Waals surface area contributed by atoms with Crippen LogP contribution in [0.25, 0.3) is 0 Å². The number of hydrogen-bond acceptors (Lipinski definition) is 1. The summed E-state index contributed by atoms with van der Waals surface area (Å²) in [6, 6.07) is 6.26. The first kappa shape index (κ1) is 12.3. The second-order valence-corrected chi connectivity index (χ2v) is 3.99. The molecule has 0 radical (unpaired) electrons. The Morgan fingerprint density at radius 3 is 2.25 bits per heavy atom. The van der Waals surface area contributed by atoms with Gasteiger partial charge in [0.25, 0.3) is 0 Å². The maximum Gasteiger partial charge on any atom is 0.0443 e. The average molecular weight is 213 g/mol. The summed E-state index contributed by atoms with van der Waals surface area (Å²) in [5.74, 6) is 0. The maximum atomic E-state index is 3.95. The standard InChI is InChI=1S/C15H19N/c1-6-8-14(11(2)3)16-15-12(4)9-7-10-13(15)5/h6-10,16H,1-2H2,3-5H3/b14-8+. The van der Waals surface area contributed by atoms with Gasteiger partial charge in [0.15, 0.2) is 0 Å². The van der Waals surface area contributed by atoms with Gasteiger partial charge < -0.3 is 5.32 Å². The van der Waals surface area contributed by atoms with E-state index in [2.05, 4.69) is 50.5 Å². The molecule has 0 saturated carbocycles. The number of allylic oxidation sites excluding steroid dienone is 3. The molecule has 0 heterocycles. The SMILES string of the molecule is C=C/C=C(/Nc1c(C)cccc1C)C(=C)C. The third-order valence-corrected chi connectivity index (χ3v) is 2.49. The van der Waals surface area contributed by atoms with Gasteiger partial charge in [0.2, 0.25) is 0 Å². The third-order valence-electron chi connectivity index (χ3n) is 2.49. The van der Waals surface area contributed by atoms with Crippen LogP contribution in [0, 0.1) is 13.8 Å². The molecule has 0 aliphatic carbocycles. The summed E-state index contributed by atoms with van der Waals surface area (Å²) in [5.41, 5.74) is 5.63. The Morgan fingerprint density at radius 2 is 1.81 bits per heavy atom. The van der Waals surface area contributed by atoms with E-state index in [0.29, 0.717) is 0 Å². The van der Waals surface area contributed by atoms with Crippen LogP contribution in [0.1, 0.15) is 18.1 Å². The predicted molar refractivity (Wildman–Crippen MR) is 72.6 cm³/mol. The van der Waals surface area contributed by atoms with Crippen molar-refractivity contribution >= 4 is 5.69 Å². The number of para-hydroxylation sites is 1. The molecule has 0 aliphatic rings. The zero-order valence-corrected chi connectivity index (χ0v) is 10.3. The van der Waals surface area contributed by atoms with Crippen LogP contribution in [0.15, 0.2) is 54.8 Å². The zero-order chi connectivity index (χ0) is 12.1. The van der Waals surface area contributed by atoms with Crippen LogP contribution in [0.5, 0.6) is 0 Å². The topological polar surface area (TPSA) is 12.0 Å². The lowest BCUT2D eigenvalue weighted by Crippen LogP contribution is -2.03. The van der Waals surface area contributed by atoms with Crippen LogP contribution < -0.4 is 5.32 Å². The number of nitrogens with one attached hydrogen (secondary N) is 1. The second kappa shape index (κ2) is 5.36. The van der Waals surface area contributed by atoms with E-state index in [1.807, 2.05) is 13.0 Å². The lowest BCUT2D eigenvalue weighted by molar-refractivity contribution is 1.29. The number of rotatable bonds is 4. The van der Waals surface area contributed by atoms with Crippen molar-refractivity contribution in [1.82, 2.24) is 0 Å². The Kier molecular flexibility index (Phi) is 4.12. The molecule has 0 aliphatic heterocycles. The minimum atomic E-state index is 1.00. The molecule has 0 saturated heterocycles. The van der Waals surface area contributed by atoms with Gasteiger partial charge in [-0.2, -0.15) is 0 Å². The number of benzene rings is 1. The van der Waals surface area contributed by atoms with E-state index >= 15 is 0 Å². The van der Waals surface area contributed by atoms with Gasteiger partial charge in [-0.25, -0.2) is 0 Å². The van der Waals surface area contributed by atoms with E-state index in [9.17, 15) is 0 Å². The summed E-state index contributed by atoms with van der Waals surface area (Å²) < 4.78 is 0. The Balaban J connectivity index is 3.07. The zero-order valence-electron chi connectivity index (χ0n) is 10.3. The van der Waals surface area contributed by atoms with Gasteiger partial charge in [-0.05, 0) is 43.5 Å². The minimum Gasteiger partial charge on any atom is -0.355 e. The highest BCUT2D eigenvalue weighted by molar-refractivity contribution is 5.62. The first-order valence-corrected chi connectivity index (χ1v) is 5.38. The van der Waals surface area contributed by atoms with Gasteiger partial charge in [-0.15, -0.1) is 0 Å². The van der Waals surface area contributed by atoms with Gasteiger partial charge in [-0.1, -0.05) is 37.4 Å². The van der Waals surface area contributed by atoms with Gasteiger partial charge >= 0.3 is 0 Å². The molecule has 0 spiro atoms. The number of aryl methyl sites for hydroxylation is 2. The molecule has 0 atom stereocenters. The molecule has 0 unspecified atom stereocenters. The average Bonchev–Trinajstić information content (AvgIpc) is 2.21. The van der Waals surface area contributed by atoms with Crippen LogP contribution in [0.4, 0.5) is 5.69 Å². The predicted octanol–water partition coefficient (Wildman–Crippen LogP) is 4.36. The first-order chi connectivity index (χ1) is 7.56. The van der Waals surface area contributed by atoms with Crippen molar-refractivity contribution in [2.75, 3.05) is 5.32 Å². The van der Waals surface area contributed by atoms with Crippen molar-refractivity contribution in [3.63, 3.8) is 0 Å². The van der Waals surface area contributed by atoms with E-state index in [0.717, 1.165) is 17.0 Å². The first-order valence-electron chi connectivity index (χ1n) is 5.38. The van der Waals surface area contributed by atoms with Gasteiger partial charge in [-0.3, -0.25) is 0 Å². The van der Waals surface area contributed by atoms with E-state index in [1.54, 1.807) is 6.08 Å². The van der Waals surface area contributed by atoms with Gasteiger partial charge in [0.05, 0.1) is 0 Å². The molecule has 1 N–H and O–H groups in total. The third kappa shape index (κ3) is 2.86. The summed E-state index contributed by atoms with van der Waals surface area (Å²) in [4.78, 5) is 0. The molecule has 1 aromatic carbocycles. The highest BCUT2D eigenvalue weighted by Gasteiger charge is 2.04. The Labute approximate surface area is 98.2 Å². The smallest absolute Gasteiger partial charge is 0.0443 e. The summed E-state index contributed by atoms with van der Waals surface area (Å²) >= 11 is 0. The molecule has 16 heavy (non-hydrogen) atoms. The highest BCUT2D eigenvalue weighted by atomic mass is 14.9. The summed E-state index contributed by atoms with van der Waals surface area (Å²) in [6.07, 6.45) is 3.71. The second-order valence-electron chi connectivity index (χ2n) is 3.99. The quantitative estimate of drug-likeness (QED) is 0.733. The van der Waals surface area contributed by atoms with Crippen molar-refractivity contribution < 1.29 is 0 Å². The Bertz CT molecular complexity index is 418. The Hall–Kier alpha value is -1.76. The molecule has 0 amide bonds. The van der Waals surface area contributed by atoms with E-state index in [4.69, 9.17) is 0 Å². The normalized spacial score (nSPS) is 11.1. The highest BCUT2D eigenvalue weighted by Crippen LogP contribution is 2.22. The molecular weight excluding hydrogens is 194 g/mol. The lowest BCUT2D eigenvalue weighted by Gasteiger charge is -2.15. The molecule has 0 fully saturated rings. The molecule has 1 aromatic rings. The lowest BCUT2D eigenvalue weighted by atomic mass is 10.1. The molecule has 0 aromatic heterocycles. The molecular formula is C15H19N. The van der Waals surface area contributed by atoms with Crippen molar-refractivity contribution in [2.45, 2.75) is 20.8 Å². The largest absolute Gasteiger partial charge is 0.355 e. The number of hydrogen-bond donors (Lipinski definition) is 1. The van der Waals surface area contributed by atoms with Crippen molar-refractivity contribution in [3.8, 4) is 0 Å². The molecule has 84 valence electrons. The molecule has 0 bridgehead atoms. The van der Waals surface area contributed by atoms with Crippen LogP contribution >= 0.6 is 0 Å². The van der Waals surface area contributed by atoms with Crippen LogP contribution in [0.2, 0.25) is 0 Å². The number of anilines is 1. The van der Waals surface area contributed by atoms with E-state index < -0.39 is 0 Å². The minimum absolute atomic E-state index is 1.00. The fourth-order valence-corrected chi connectivity index (χ4v) is 1.55. The Morgan fingerprint density at radius 1 is 1.25 bits per heavy atom. The van der Waals surface area contributed by atoms with Crippen LogP contribution in [-0.2, 0) is 0 Å². The molecule has 1 heteroatoms. The summed E-state index contributed by atoms with van der Waals surface area (Å²) in [7, 11) is 0.